The lowest BCUT2D eigenvalue weighted by atomic mass is 9.97. The minimum Gasteiger partial charge on any atom is -0.394 e. The second kappa shape index (κ2) is 49.7. The van der Waals surface area contributed by atoms with Crippen molar-refractivity contribution in [3.63, 3.8) is 0 Å². The van der Waals surface area contributed by atoms with Crippen molar-refractivity contribution in [2.45, 2.75) is 111 Å². The van der Waals surface area contributed by atoms with Crippen LogP contribution in [0.1, 0.15) is 41.8 Å². The van der Waals surface area contributed by atoms with Crippen molar-refractivity contribution in [1.29, 1.82) is 0 Å². The predicted octanol–water partition coefficient (Wildman–Crippen LogP) is -3.43. The Hall–Kier alpha value is -3.85. The topological polar surface area (TPSA) is 422 Å². The van der Waals surface area contributed by atoms with Crippen LogP contribution in [0.2, 0.25) is 0 Å². The van der Waals surface area contributed by atoms with Gasteiger partial charge in [0, 0.05) is 38.4 Å². The van der Waals surface area contributed by atoms with Crippen LogP contribution in [-0.4, -0.2) is 264 Å². The van der Waals surface area contributed by atoms with Gasteiger partial charge in [-0.15, -0.1) is 11.5 Å². The quantitative estimate of drug-likeness (QED) is 0.0102. The molecular weight excluding hydrogens is 1000 g/mol. The molecule has 0 aliphatic carbocycles. The van der Waals surface area contributed by atoms with Crippen LogP contribution in [0.5, 0.6) is 0 Å². The van der Waals surface area contributed by atoms with Crippen LogP contribution in [0.3, 0.4) is 0 Å². The van der Waals surface area contributed by atoms with E-state index in [0.29, 0.717) is 118 Å². The fraction of sp³-hybridized carbons (Fsp3) is 0.867. The molecule has 3 heterocycles. The van der Waals surface area contributed by atoms with Gasteiger partial charge in [-0.05, 0) is 5.53 Å². The molecule has 0 radical (unpaired) electrons. The van der Waals surface area contributed by atoms with E-state index in [2.05, 4.69) is 36.9 Å². The van der Waals surface area contributed by atoms with E-state index in [0.717, 1.165) is 0 Å². The Morgan fingerprint density at radius 3 is 1.51 bits per heavy atom. The zero-order valence-electron chi connectivity index (χ0n) is 41.1. The van der Waals surface area contributed by atoms with Crippen LogP contribution in [0.15, 0.2) is 11.3 Å². The van der Waals surface area contributed by atoms with E-state index in [1.807, 2.05) is 0 Å². The number of ether oxygens (including phenoxy) is 12. The molecule has 0 bridgehead atoms. The third-order valence-corrected chi connectivity index (χ3v) is 9.42. The SMILES string of the molecule is C.C.C.C#CCOCCOCCOCCO[C@@H]1OC(CO)[C@@H](O)[C@H](O)C1NC(C)=O.CC(=O)NC1[C@H](OCCOCCOCCOCc2cn(CCOCCN)nn2)OC(CO)[C@@H](O)[C@@H]1O.[N-]=[N+]=NCCOCCN. The number of amides is 2. The summed E-state index contributed by atoms with van der Waals surface area (Å²) in [5.74, 6) is 1.52. The minimum atomic E-state index is -1.36. The molecular formula is C45H90N10O20. The van der Waals surface area contributed by atoms with Gasteiger partial charge in [0.2, 0.25) is 11.8 Å². The molecule has 30 heteroatoms. The molecule has 12 N–H and O–H groups in total. The van der Waals surface area contributed by atoms with Crippen LogP contribution in [0.4, 0.5) is 0 Å². The van der Waals surface area contributed by atoms with E-state index >= 15 is 0 Å². The molecule has 2 aliphatic heterocycles. The average molecular weight is 1090 g/mol. The van der Waals surface area contributed by atoms with Crippen molar-refractivity contribution >= 4 is 11.8 Å². The second-order valence-corrected chi connectivity index (χ2v) is 15.1. The van der Waals surface area contributed by atoms with Gasteiger partial charge < -0.3 is 110 Å². The molecule has 2 fully saturated rings. The number of carbonyl (C=O) groups is 2. The van der Waals surface area contributed by atoms with Crippen LogP contribution in [0, 0.1) is 12.3 Å². The highest BCUT2D eigenvalue weighted by molar-refractivity contribution is 5.73. The summed E-state index contributed by atoms with van der Waals surface area (Å²) in [4.78, 5) is 25.2. The molecule has 2 amide bonds. The molecule has 75 heavy (non-hydrogen) atoms. The number of rotatable bonds is 37. The molecule has 3 rings (SSSR count). The first-order chi connectivity index (χ1) is 34.9. The second-order valence-electron chi connectivity index (χ2n) is 15.1. The van der Waals surface area contributed by atoms with E-state index in [1.54, 1.807) is 10.9 Å². The molecule has 10 atom stereocenters. The molecule has 0 saturated carbocycles. The Morgan fingerprint density at radius 1 is 0.680 bits per heavy atom. The Labute approximate surface area is 440 Å². The highest BCUT2D eigenvalue weighted by Gasteiger charge is 2.46. The number of aliphatic hydroxyl groups excluding tert-OH is 6. The van der Waals surface area contributed by atoms with Gasteiger partial charge in [0.1, 0.15) is 61.0 Å². The lowest BCUT2D eigenvalue weighted by Gasteiger charge is -2.42. The highest BCUT2D eigenvalue weighted by atomic mass is 16.7. The summed E-state index contributed by atoms with van der Waals surface area (Å²) >= 11 is 0. The lowest BCUT2D eigenvalue weighted by Crippen LogP contribution is -2.64. The zero-order chi connectivity index (χ0) is 53.2. The Bertz CT molecular complexity index is 1600. The van der Waals surface area contributed by atoms with Crippen molar-refractivity contribution in [3.05, 3.63) is 22.3 Å². The van der Waals surface area contributed by atoms with Gasteiger partial charge in [-0.25, -0.2) is 4.68 Å². The van der Waals surface area contributed by atoms with Gasteiger partial charge in [0.05, 0.1) is 138 Å². The number of nitrogens with two attached hydrogens (primary N) is 2. The van der Waals surface area contributed by atoms with Gasteiger partial charge >= 0.3 is 0 Å². The Morgan fingerprint density at radius 2 is 1.09 bits per heavy atom. The standard InChI is InChI=1S/C21H39N5O10.C17H29NO9.C4H10N4O.3CH4/c1-15(28)23-18-20(30)19(29)17(13-27)36-21(18)35-11-10-33-7-6-32-8-9-34-14-16-12-26(25-24-16)3-5-31-4-2-22;1-3-4-23-5-6-24-7-8-25-9-10-26-17-14(18-12(2)20)16(22)15(21)13(11-19)27-17;5-1-3-9-4-2-7-8-6;;;/h12,17-21,27,29-30H,2-11,13-14,22H2,1H3,(H,23,28);1,13-17,19,21-22H,4-11H2,2H3,(H,18,20);1-5H2;3*1H4/t17?,18?,19-,20-,21-;13?,14?,15-,16-,17-;;;;/m11..../s1. The molecule has 4 unspecified atom stereocenters. The molecule has 1 aromatic rings. The number of terminal acetylenes is 1. The van der Waals surface area contributed by atoms with E-state index < -0.39 is 86.3 Å². The summed E-state index contributed by atoms with van der Waals surface area (Å²) < 4.78 is 65.9. The number of nitrogens with one attached hydrogen (secondary N) is 2. The first-order valence-corrected chi connectivity index (χ1v) is 23.3. The number of carbonyl (C=O) groups excluding carboxylic acids is 2. The van der Waals surface area contributed by atoms with Crippen LogP contribution < -0.4 is 22.1 Å². The monoisotopic (exact) mass is 1090 g/mol. The molecule has 30 nitrogen and oxygen atoms in total. The fourth-order valence-corrected chi connectivity index (χ4v) is 6.05. The number of hydrogen-bond donors (Lipinski definition) is 10. The highest BCUT2D eigenvalue weighted by Crippen LogP contribution is 2.23. The third kappa shape index (κ3) is 35.2. The first-order valence-electron chi connectivity index (χ1n) is 23.3. The maximum absolute atomic E-state index is 11.4. The summed E-state index contributed by atoms with van der Waals surface area (Å²) in [5, 5.41) is 75.0. The van der Waals surface area contributed by atoms with Crippen molar-refractivity contribution in [3.8, 4) is 12.3 Å². The van der Waals surface area contributed by atoms with Crippen molar-refractivity contribution < 1.29 is 97.1 Å². The predicted molar refractivity (Wildman–Crippen MR) is 269 cm³/mol. The van der Waals surface area contributed by atoms with E-state index in [9.17, 15) is 40.2 Å². The molecule has 2 saturated heterocycles. The molecule has 0 spiro atoms. The van der Waals surface area contributed by atoms with E-state index in [-0.39, 0.29) is 55.3 Å². The Kier molecular flexibility index (Phi) is 50.0. The maximum atomic E-state index is 11.4. The van der Waals surface area contributed by atoms with Crippen molar-refractivity contribution in [2.24, 2.45) is 16.6 Å². The maximum Gasteiger partial charge on any atom is 0.217 e. The molecule has 440 valence electrons. The normalized spacial score (nSPS) is 22.7. The van der Waals surface area contributed by atoms with Crippen molar-refractivity contribution in [2.75, 3.05) is 145 Å². The number of nitrogens with zero attached hydrogens (tertiary/aromatic N) is 6. The number of aliphatic hydroxyl groups is 6. The molecule has 2 aliphatic rings. The van der Waals surface area contributed by atoms with Gasteiger partial charge in [-0.3, -0.25) is 9.59 Å². The smallest absolute Gasteiger partial charge is 0.217 e. The minimum absolute atomic E-state index is 0. The summed E-state index contributed by atoms with van der Waals surface area (Å²) in [6.45, 7) is 9.80. The lowest BCUT2D eigenvalue weighted by molar-refractivity contribution is -0.272. The van der Waals surface area contributed by atoms with Gasteiger partial charge in [-0.1, -0.05) is 38.5 Å². The number of hydrogen-bond acceptors (Lipinski definition) is 25. The van der Waals surface area contributed by atoms with Gasteiger partial charge in [0.25, 0.3) is 0 Å². The Balaban J connectivity index is -0.00000118. The third-order valence-electron chi connectivity index (χ3n) is 9.42. The van der Waals surface area contributed by atoms with Crippen LogP contribution in [-0.2, 0) is 79.6 Å². The summed E-state index contributed by atoms with van der Waals surface area (Å²) in [6.07, 6.45) is -2.67. The van der Waals surface area contributed by atoms with E-state index in [1.165, 1.54) is 13.8 Å². The van der Waals surface area contributed by atoms with E-state index in [4.69, 9.17) is 80.3 Å². The number of azide groups is 1. The fourth-order valence-electron chi connectivity index (χ4n) is 6.05. The van der Waals surface area contributed by atoms with Gasteiger partial charge in [0.15, 0.2) is 12.6 Å². The molecule has 0 aromatic carbocycles. The summed E-state index contributed by atoms with van der Waals surface area (Å²) in [7, 11) is 0. The summed E-state index contributed by atoms with van der Waals surface area (Å²) in [6, 6.07) is -1.95. The average Bonchev–Trinajstić information content (AvgIpc) is 3.82. The molecule has 1 aromatic heterocycles. The van der Waals surface area contributed by atoms with Gasteiger partial charge in [-0.2, -0.15) is 0 Å². The van der Waals surface area contributed by atoms with Crippen molar-refractivity contribution in [1.82, 2.24) is 25.6 Å². The summed E-state index contributed by atoms with van der Waals surface area (Å²) in [5.41, 5.74) is 19.0. The number of aromatic nitrogens is 3. The van der Waals surface area contributed by atoms with Crippen LogP contribution >= 0.6 is 0 Å². The van der Waals surface area contributed by atoms with Crippen LogP contribution in [0.25, 0.3) is 10.4 Å². The zero-order valence-corrected chi connectivity index (χ0v) is 41.1. The largest absolute Gasteiger partial charge is 0.394 e. The first kappa shape index (κ1) is 75.4.